The van der Waals surface area contributed by atoms with Gasteiger partial charge in [0, 0.05) is 4.91 Å². The van der Waals surface area contributed by atoms with Crippen LogP contribution in [-0.4, -0.2) is 11.4 Å². The molecule has 1 nitrogen and oxygen atoms in total. The predicted molar refractivity (Wildman–Crippen MR) is 117 cm³/mol. The van der Waals surface area contributed by atoms with Gasteiger partial charge in [0.1, 0.15) is 0 Å². The smallest absolute Gasteiger partial charge is 0.0927 e. The van der Waals surface area contributed by atoms with Gasteiger partial charge in [-0.15, -0.1) is 11.8 Å². The molecule has 0 aromatic carbocycles. The van der Waals surface area contributed by atoms with Crippen LogP contribution in [0.2, 0.25) is 0 Å². The quantitative estimate of drug-likeness (QED) is 0.181. The maximum absolute atomic E-state index is 8.88. The van der Waals surface area contributed by atoms with Crippen LogP contribution in [0.25, 0.3) is 0 Å². The molecule has 0 aromatic rings. The lowest BCUT2D eigenvalue weighted by Gasteiger charge is -1.99. The molecule has 0 heterocycles. The largest absolute Gasteiger partial charge is 0.514 e. The van der Waals surface area contributed by atoms with Crippen molar-refractivity contribution >= 4 is 11.8 Å². The number of thioether (sulfide) groups is 1. The van der Waals surface area contributed by atoms with Crippen LogP contribution in [0.4, 0.5) is 0 Å². The molecule has 0 rings (SSSR count). The third-order valence-corrected chi connectivity index (χ3v) is 4.47. The fourth-order valence-electron chi connectivity index (χ4n) is 2.27. The SMILES string of the molecule is CCCCCCCCCC/C=C/C=C/C=C/C=C/C=C/C(=C/O)SC. The van der Waals surface area contributed by atoms with Gasteiger partial charge in [0.15, 0.2) is 0 Å². The van der Waals surface area contributed by atoms with Gasteiger partial charge >= 0.3 is 0 Å². The Balaban J connectivity index is 3.59. The number of hydrogen-bond acceptors (Lipinski definition) is 2. The fourth-order valence-corrected chi connectivity index (χ4v) is 2.59. The molecule has 0 radical (unpaired) electrons. The predicted octanol–water partition coefficient (Wildman–Crippen LogP) is 8.06. The van der Waals surface area contributed by atoms with Crippen LogP contribution in [0, 0.1) is 0 Å². The molecule has 0 amide bonds. The minimum Gasteiger partial charge on any atom is -0.514 e. The second kappa shape index (κ2) is 20.6. The summed E-state index contributed by atoms with van der Waals surface area (Å²) in [5.41, 5.74) is 0. The lowest BCUT2D eigenvalue weighted by molar-refractivity contribution is 0.472. The molecular formula is C23H36OS. The molecule has 0 spiro atoms. The molecule has 140 valence electrons. The van der Waals surface area contributed by atoms with Crippen LogP contribution in [0.1, 0.15) is 64.7 Å². The van der Waals surface area contributed by atoms with Gasteiger partial charge in [0.2, 0.25) is 0 Å². The summed E-state index contributed by atoms with van der Waals surface area (Å²) in [6.45, 7) is 2.27. The molecule has 0 aromatic heterocycles. The standard InChI is InChI=1S/C23H36OS/c1-3-4-5-6-7-8-9-10-11-12-13-14-15-16-17-18-19-20-21-23(22-24)25-2/h12-22,24H,3-11H2,1-2H3/b13-12+,15-14+,17-16+,19-18+,21-20+,23-22-. The number of rotatable bonds is 15. The zero-order valence-electron chi connectivity index (χ0n) is 16.1. The Hall–Kier alpha value is -1.41. The Morgan fingerprint density at radius 2 is 1.24 bits per heavy atom. The summed E-state index contributed by atoms with van der Waals surface area (Å²) in [6, 6.07) is 0. The van der Waals surface area contributed by atoms with Gasteiger partial charge in [-0.2, -0.15) is 0 Å². The highest BCUT2D eigenvalue weighted by Crippen LogP contribution is 2.11. The Labute approximate surface area is 160 Å². The molecular weight excluding hydrogens is 324 g/mol. The van der Waals surface area contributed by atoms with Gasteiger partial charge < -0.3 is 5.11 Å². The van der Waals surface area contributed by atoms with E-state index in [0.717, 1.165) is 11.2 Å². The van der Waals surface area contributed by atoms with E-state index in [4.69, 9.17) is 5.11 Å². The summed E-state index contributed by atoms with van der Waals surface area (Å²) >= 11 is 1.51. The minimum atomic E-state index is 0.843. The molecule has 0 aliphatic heterocycles. The summed E-state index contributed by atoms with van der Waals surface area (Å²) in [4.78, 5) is 0.843. The lowest BCUT2D eigenvalue weighted by atomic mass is 10.1. The van der Waals surface area contributed by atoms with E-state index >= 15 is 0 Å². The first-order chi connectivity index (χ1) is 12.3. The second-order valence-electron chi connectivity index (χ2n) is 5.94. The van der Waals surface area contributed by atoms with E-state index in [2.05, 4.69) is 25.2 Å². The Morgan fingerprint density at radius 1 is 0.720 bits per heavy atom. The first-order valence-corrected chi connectivity index (χ1v) is 10.8. The number of hydrogen-bond donors (Lipinski definition) is 1. The van der Waals surface area contributed by atoms with Crippen molar-refractivity contribution in [2.45, 2.75) is 64.7 Å². The van der Waals surface area contributed by atoms with E-state index in [9.17, 15) is 0 Å². The van der Waals surface area contributed by atoms with E-state index in [1.54, 1.807) is 0 Å². The van der Waals surface area contributed by atoms with Crippen molar-refractivity contribution in [2.75, 3.05) is 6.26 Å². The Morgan fingerprint density at radius 3 is 1.80 bits per heavy atom. The van der Waals surface area contributed by atoms with Crippen molar-refractivity contribution in [2.24, 2.45) is 0 Å². The van der Waals surface area contributed by atoms with Gasteiger partial charge in [-0.1, -0.05) is 107 Å². The van der Waals surface area contributed by atoms with Crippen molar-refractivity contribution in [1.29, 1.82) is 0 Å². The van der Waals surface area contributed by atoms with Crippen molar-refractivity contribution in [3.8, 4) is 0 Å². The minimum absolute atomic E-state index is 0.843. The van der Waals surface area contributed by atoms with Gasteiger partial charge in [0.25, 0.3) is 0 Å². The van der Waals surface area contributed by atoms with Crippen LogP contribution in [0.3, 0.4) is 0 Å². The van der Waals surface area contributed by atoms with Crippen LogP contribution >= 0.6 is 11.8 Å². The monoisotopic (exact) mass is 360 g/mol. The van der Waals surface area contributed by atoms with Crippen LogP contribution in [0.5, 0.6) is 0 Å². The van der Waals surface area contributed by atoms with Crippen molar-refractivity contribution in [3.05, 3.63) is 71.9 Å². The van der Waals surface area contributed by atoms with Crippen molar-refractivity contribution < 1.29 is 5.11 Å². The number of unbranched alkanes of at least 4 members (excludes halogenated alkanes) is 8. The average molecular weight is 361 g/mol. The molecule has 2 heteroatoms. The summed E-state index contributed by atoms with van der Waals surface area (Å²) < 4.78 is 0. The second-order valence-corrected chi connectivity index (χ2v) is 6.82. The van der Waals surface area contributed by atoms with E-state index in [-0.39, 0.29) is 0 Å². The van der Waals surface area contributed by atoms with E-state index in [1.165, 1.54) is 69.5 Å². The highest BCUT2D eigenvalue weighted by atomic mass is 32.2. The molecule has 0 atom stereocenters. The maximum atomic E-state index is 8.88. The normalized spacial score (nSPS) is 13.6. The summed E-state index contributed by atoms with van der Waals surface area (Å²) in [5.74, 6) is 0. The highest BCUT2D eigenvalue weighted by Gasteiger charge is 1.89. The molecule has 0 unspecified atom stereocenters. The molecule has 0 bridgehead atoms. The molecule has 0 saturated carbocycles. The topological polar surface area (TPSA) is 20.2 Å². The van der Waals surface area contributed by atoms with E-state index in [1.807, 2.05) is 48.8 Å². The van der Waals surface area contributed by atoms with Crippen LogP contribution in [0.15, 0.2) is 71.9 Å². The zero-order valence-corrected chi connectivity index (χ0v) is 16.9. The van der Waals surface area contributed by atoms with Crippen molar-refractivity contribution in [1.82, 2.24) is 0 Å². The van der Waals surface area contributed by atoms with Gasteiger partial charge in [-0.05, 0) is 25.2 Å². The van der Waals surface area contributed by atoms with Gasteiger partial charge in [-0.3, -0.25) is 0 Å². The molecule has 0 aliphatic rings. The fraction of sp³-hybridized carbons (Fsp3) is 0.478. The maximum Gasteiger partial charge on any atom is 0.0927 e. The first kappa shape index (κ1) is 23.6. The van der Waals surface area contributed by atoms with E-state index < -0.39 is 0 Å². The van der Waals surface area contributed by atoms with Crippen LogP contribution in [-0.2, 0) is 0 Å². The number of allylic oxidation sites excluding steroid dienone is 10. The molecule has 0 fully saturated rings. The highest BCUT2D eigenvalue weighted by molar-refractivity contribution is 8.02. The van der Waals surface area contributed by atoms with Gasteiger partial charge in [0.05, 0.1) is 6.26 Å². The summed E-state index contributed by atoms with van der Waals surface area (Å²) in [7, 11) is 0. The Kier molecular flexibility index (Phi) is 19.5. The van der Waals surface area contributed by atoms with Gasteiger partial charge in [-0.25, -0.2) is 0 Å². The molecule has 25 heavy (non-hydrogen) atoms. The Bertz CT molecular complexity index is 453. The number of aliphatic hydroxyl groups is 1. The zero-order chi connectivity index (χ0) is 18.4. The van der Waals surface area contributed by atoms with Crippen molar-refractivity contribution in [3.63, 3.8) is 0 Å². The summed E-state index contributed by atoms with van der Waals surface area (Å²) in [6.07, 6.45) is 35.5. The average Bonchev–Trinajstić information content (AvgIpc) is 2.64. The first-order valence-electron chi connectivity index (χ1n) is 9.56. The summed E-state index contributed by atoms with van der Waals surface area (Å²) in [5, 5.41) is 8.88. The van der Waals surface area contributed by atoms with Crippen LogP contribution < -0.4 is 0 Å². The number of aliphatic hydroxyl groups excluding tert-OH is 1. The molecule has 1 N–H and O–H groups in total. The molecule has 0 saturated heterocycles. The van der Waals surface area contributed by atoms with E-state index in [0.29, 0.717) is 0 Å². The molecule has 0 aliphatic carbocycles. The third-order valence-electron chi connectivity index (χ3n) is 3.76. The lowest BCUT2D eigenvalue weighted by Crippen LogP contribution is -1.79. The third kappa shape index (κ3) is 18.8.